The number of hydrogen-bond donors (Lipinski definition) is 1. The fourth-order valence-electron chi connectivity index (χ4n) is 4.66. The molecule has 8 heteroatoms. The second kappa shape index (κ2) is 9.19. The molecule has 0 aromatic heterocycles. The van der Waals surface area contributed by atoms with Crippen molar-refractivity contribution >= 4 is 35.1 Å². The van der Waals surface area contributed by atoms with Crippen LogP contribution in [-0.4, -0.2) is 43.4 Å². The summed E-state index contributed by atoms with van der Waals surface area (Å²) in [6.07, 6.45) is 0. The van der Waals surface area contributed by atoms with Crippen LogP contribution in [0.25, 0.3) is 0 Å². The van der Waals surface area contributed by atoms with Gasteiger partial charge in [-0.2, -0.15) is 0 Å². The molecule has 3 amide bonds. The van der Waals surface area contributed by atoms with Gasteiger partial charge < -0.3 is 19.7 Å². The number of ether oxygens (including phenoxy) is 2. The molecule has 1 spiro atoms. The van der Waals surface area contributed by atoms with E-state index in [1.165, 1.54) is 11.8 Å². The molecule has 180 valence electrons. The molecule has 3 aromatic rings. The number of carbonyl (C=O) groups is 2. The van der Waals surface area contributed by atoms with Gasteiger partial charge >= 0.3 is 6.03 Å². The van der Waals surface area contributed by atoms with Gasteiger partial charge in [-0.15, -0.1) is 11.8 Å². The molecule has 1 fully saturated rings. The molecular formula is C27H27N3O4S. The minimum Gasteiger partial charge on any atom is -0.497 e. The van der Waals surface area contributed by atoms with E-state index in [9.17, 15) is 9.59 Å². The summed E-state index contributed by atoms with van der Waals surface area (Å²) in [5, 5.41) is 2.98. The van der Waals surface area contributed by atoms with Crippen molar-refractivity contribution in [3.63, 3.8) is 0 Å². The number of aryl methyl sites for hydroxylation is 1. The van der Waals surface area contributed by atoms with Gasteiger partial charge in [0.2, 0.25) is 0 Å². The molecule has 1 atom stereocenters. The van der Waals surface area contributed by atoms with Crippen LogP contribution in [0.15, 0.2) is 66.7 Å². The Morgan fingerprint density at radius 3 is 2.51 bits per heavy atom. The number of hydrogen-bond acceptors (Lipinski definition) is 5. The first-order chi connectivity index (χ1) is 17.0. The third kappa shape index (κ3) is 3.97. The lowest BCUT2D eigenvalue weighted by Gasteiger charge is -2.33. The highest BCUT2D eigenvalue weighted by Crippen LogP contribution is 2.55. The average molecular weight is 490 g/mol. The van der Waals surface area contributed by atoms with Crippen LogP contribution in [0.4, 0.5) is 16.2 Å². The van der Waals surface area contributed by atoms with Gasteiger partial charge in [0, 0.05) is 23.5 Å². The summed E-state index contributed by atoms with van der Waals surface area (Å²) in [6.45, 7) is 2.82. The molecule has 0 bridgehead atoms. The van der Waals surface area contributed by atoms with Crippen LogP contribution < -0.4 is 19.7 Å². The van der Waals surface area contributed by atoms with Crippen molar-refractivity contribution in [2.75, 3.05) is 36.7 Å². The highest BCUT2D eigenvalue weighted by Gasteiger charge is 2.59. The maximum absolute atomic E-state index is 14.2. The van der Waals surface area contributed by atoms with Crippen molar-refractivity contribution in [3.05, 3.63) is 83.4 Å². The Bertz CT molecular complexity index is 1280. The molecule has 7 nitrogen and oxygen atoms in total. The Morgan fingerprint density at radius 1 is 1.03 bits per heavy atom. The Labute approximate surface area is 209 Å². The summed E-state index contributed by atoms with van der Waals surface area (Å²) in [5.74, 6) is 1.89. The molecule has 5 rings (SSSR count). The first kappa shape index (κ1) is 23.1. The second-order valence-corrected chi connectivity index (χ2v) is 9.85. The molecule has 2 aliphatic rings. The monoisotopic (exact) mass is 489 g/mol. The van der Waals surface area contributed by atoms with E-state index in [0.29, 0.717) is 30.3 Å². The number of rotatable bonds is 5. The number of amides is 3. The molecule has 1 saturated heterocycles. The standard InChI is InChI=1S/C27H27N3O4S/c1-18-7-9-20(10-8-18)28-26(32)30-13-14-35-27(30)23-16-22(34-3)11-12-24(23)29(25(27)31)17-19-5-4-6-21(15-19)33-2/h4-12,15-16H,13-14,17H2,1-3H3,(H,28,32). The smallest absolute Gasteiger partial charge is 0.323 e. The lowest BCUT2D eigenvalue weighted by atomic mass is 10.1. The average Bonchev–Trinajstić information content (AvgIpc) is 3.42. The van der Waals surface area contributed by atoms with Crippen molar-refractivity contribution < 1.29 is 19.1 Å². The fraction of sp³-hybridized carbons (Fsp3) is 0.259. The topological polar surface area (TPSA) is 71.1 Å². The maximum Gasteiger partial charge on any atom is 0.323 e. The predicted octanol–water partition coefficient (Wildman–Crippen LogP) is 4.99. The van der Waals surface area contributed by atoms with Gasteiger partial charge in [-0.3, -0.25) is 9.69 Å². The summed E-state index contributed by atoms with van der Waals surface area (Å²) in [5.41, 5.74) is 4.29. The van der Waals surface area contributed by atoms with E-state index in [2.05, 4.69) is 5.32 Å². The Morgan fingerprint density at radius 2 is 1.77 bits per heavy atom. The van der Waals surface area contributed by atoms with Crippen LogP contribution >= 0.6 is 11.8 Å². The third-order valence-corrected chi connectivity index (χ3v) is 7.84. The number of anilines is 2. The molecule has 35 heavy (non-hydrogen) atoms. The van der Waals surface area contributed by atoms with Crippen LogP contribution in [0, 0.1) is 6.92 Å². The Balaban J connectivity index is 1.53. The molecule has 1 N–H and O–H groups in total. The number of urea groups is 1. The lowest BCUT2D eigenvalue weighted by molar-refractivity contribution is -0.123. The summed E-state index contributed by atoms with van der Waals surface area (Å²) < 4.78 is 10.9. The van der Waals surface area contributed by atoms with Crippen LogP contribution in [0.1, 0.15) is 16.7 Å². The summed E-state index contributed by atoms with van der Waals surface area (Å²) in [7, 11) is 3.22. The second-order valence-electron chi connectivity index (χ2n) is 8.57. The lowest BCUT2D eigenvalue weighted by Crippen LogP contribution is -2.51. The van der Waals surface area contributed by atoms with Gasteiger partial charge in [0.15, 0.2) is 4.87 Å². The molecular weight excluding hydrogens is 462 g/mol. The van der Waals surface area contributed by atoms with Gasteiger partial charge in [-0.05, 0) is 55.0 Å². The van der Waals surface area contributed by atoms with Crippen molar-refractivity contribution in [2.45, 2.75) is 18.3 Å². The Kier molecular flexibility index (Phi) is 6.06. The number of nitrogens with one attached hydrogen (secondary N) is 1. The number of methoxy groups -OCH3 is 2. The van der Waals surface area contributed by atoms with E-state index >= 15 is 0 Å². The summed E-state index contributed by atoms with van der Waals surface area (Å²) in [6, 6.07) is 20.6. The zero-order chi connectivity index (χ0) is 24.6. The van der Waals surface area contributed by atoms with E-state index in [1.54, 1.807) is 24.0 Å². The van der Waals surface area contributed by atoms with Gasteiger partial charge in [0.25, 0.3) is 5.91 Å². The molecule has 3 aromatic carbocycles. The van der Waals surface area contributed by atoms with Crippen molar-refractivity contribution in [1.29, 1.82) is 0 Å². The van der Waals surface area contributed by atoms with Crippen LogP contribution in [0.3, 0.4) is 0 Å². The summed E-state index contributed by atoms with van der Waals surface area (Å²) >= 11 is 1.49. The normalized spacial score (nSPS) is 18.7. The minimum atomic E-state index is -1.16. The zero-order valence-electron chi connectivity index (χ0n) is 19.9. The van der Waals surface area contributed by atoms with E-state index in [0.717, 1.165) is 28.1 Å². The largest absolute Gasteiger partial charge is 0.497 e. The van der Waals surface area contributed by atoms with Crippen LogP contribution in [0.2, 0.25) is 0 Å². The molecule has 0 saturated carbocycles. The third-order valence-electron chi connectivity index (χ3n) is 6.42. The molecule has 1 unspecified atom stereocenters. The molecule has 0 aliphatic carbocycles. The van der Waals surface area contributed by atoms with E-state index in [4.69, 9.17) is 9.47 Å². The zero-order valence-corrected chi connectivity index (χ0v) is 20.7. The number of carbonyl (C=O) groups excluding carboxylic acids is 2. The first-order valence-electron chi connectivity index (χ1n) is 11.4. The summed E-state index contributed by atoms with van der Waals surface area (Å²) in [4.78, 5) is 29.9. The maximum atomic E-state index is 14.2. The quantitative estimate of drug-likeness (QED) is 0.547. The van der Waals surface area contributed by atoms with Crippen LogP contribution in [-0.2, 0) is 16.2 Å². The Hall–Kier alpha value is -3.65. The van der Waals surface area contributed by atoms with E-state index < -0.39 is 4.87 Å². The first-order valence-corrected chi connectivity index (χ1v) is 12.4. The molecule has 2 heterocycles. The van der Waals surface area contributed by atoms with Gasteiger partial charge in [0.05, 0.1) is 26.5 Å². The number of fused-ring (bicyclic) bond motifs is 2. The number of nitrogens with zero attached hydrogens (tertiary/aromatic N) is 2. The molecule has 0 radical (unpaired) electrons. The van der Waals surface area contributed by atoms with E-state index in [-0.39, 0.29) is 11.9 Å². The van der Waals surface area contributed by atoms with Gasteiger partial charge in [-0.25, -0.2) is 4.79 Å². The predicted molar refractivity (Wildman–Crippen MR) is 138 cm³/mol. The van der Waals surface area contributed by atoms with Crippen molar-refractivity contribution in [3.8, 4) is 11.5 Å². The SMILES string of the molecule is COc1cccc(CN2C(=O)C3(SCCN3C(=O)Nc3ccc(C)cc3)c3cc(OC)ccc32)c1. The van der Waals surface area contributed by atoms with Gasteiger partial charge in [-0.1, -0.05) is 29.8 Å². The van der Waals surface area contributed by atoms with Crippen LogP contribution in [0.5, 0.6) is 11.5 Å². The molecule has 2 aliphatic heterocycles. The number of benzene rings is 3. The fourth-order valence-corrected chi connectivity index (χ4v) is 6.11. The minimum absolute atomic E-state index is 0.134. The van der Waals surface area contributed by atoms with Crippen molar-refractivity contribution in [2.24, 2.45) is 0 Å². The number of thioether (sulfide) groups is 1. The highest BCUT2D eigenvalue weighted by molar-refractivity contribution is 8.01. The highest BCUT2D eigenvalue weighted by atomic mass is 32.2. The van der Waals surface area contributed by atoms with Crippen molar-refractivity contribution in [1.82, 2.24) is 4.90 Å². The van der Waals surface area contributed by atoms with E-state index in [1.807, 2.05) is 73.7 Å². The van der Waals surface area contributed by atoms with Gasteiger partial charge in [0.1, 0.15) is 11.5 Å².